The Hall–Kier alpha value is -2.56. The SMILES string of the molecule is COC1=CCCC[C@]1(N=C=O)c1ccccc1Cl.[2H]C([2H])([2H])N[C@]1(c2ccccc2Cl)CCCC=C1OC. The molecule has 2 atom stereocenters. The van der Waals surface area contributed by atoms with Crippen LogP contribution in [0.4, 0.5) is 0 Å². The third-order valence-electron chi connectivity index (χ3n) is 6.53. The van der Waals surface area contributed by atoms with Crippen molar-refractivity contribution >= 4 is 29.3 Å². The Labute approximate surface area is 222 Å². The Morgan fingerprint density at radius 2 is 1.49 bits per heavy atom. The summed E-state index contributed by atoms with van der Waals surface area (Å²) in [6, 6.07) is 14.7. The van der Waals surface area contributed by atoms with Gasteiger partial charge in [-0.25, -0.2) is 4.79 Å². The van der Waals surface area contributed by atoms with E-state index in [1.54, 1.807) is 32.4 Å². The number of ether oxygens (including phenoxy) is 2. The molecule has 0 fully saturated rings. The lowest BCUT2D eigenvalue weighted by molar-refractivity contribution is 0.179. The lowest BCUT2D eigenvalue weighted by Gasteiger charge is -2.38. The van der Waals surface area contributed by atoms with Gasteiger partial charge < -0.3 is 14.8 Å². The van der Waals surface area contributed by atoms with Crippen LogP contribution in [0.1, 0.15) is 53.8 Å². The molecule has 0 aliphatic heterocycles. The van der Waals surface area contributed by atoms with E-state index in [4.69, 9.17) is 36.8 Å². The number of nitrogens with zero attached hydrogens (tertiary/aromatic N) is 1. The van der Waals surface area contributed by atoms with Gasteiger partial charge in [-0.3, -0.25) is 0 Å². The van der Waals surface area contributed by atoms with Crippen molar-refractivity contribution in [3.05, 3.63) is 93.4 Å². The second kappa shape index (κ2) is 12.4. The van der Waals surface area contributed by atoms with Gasteiger partial charge in [0.05, 0.1) is 14.2 Å². The first-order valence-corrected chi connectivity index (χ1v) is 12.3. The smallest absolute Gasteiger partial charge is 0.236 e. The highest BCUT2D eigenvalue weighted by Crippen LogP contribution is 2.44. The van der Waals surface area contributed by atoms with Crippen LogP contribution in [0.2, 0.25) is 10.0 Å². The Kier molecular flexibility index (Phi) is 8.11. The number of hydrogen-bond donors (Lipinski definition) is 1. The molecular formula is C28H32Cl2N2O3. The molecule has 2 aromatic carbocycles. The average Bonchev–Trinajstić information content (AvgIpc) is 2.89. The van der Waals surface area contributed by atoms with Crippen LogP contribution in [0.3, 0.4) is 0 Å². The molecule has 0 heterocycles. The van der Waals surface area contributed by atoms with Crippen LogP contribution < -0.4 is 5.32 Å². The van der Waals surface area contributed by atoms with E-state index < -0.39 is 18.1 Å². The van der Waals surface area contributed by atoms with Crippen molar-refractivity contribution in [2.45, 2.75) is 49.6 Å². The van der Waals surface area contributed by atoms with Gasteiger partial charge >= 0.3 is 0 Å². The van der Waals surface area contributed by atoms with Gasteiger partial charge in [0, 0.05) is 19.7 Å². The van der Waals surface area contributed by atoms with Crippen molar-refractivity contribution in [1.29, 1.82) is 0 Å². The molecule has 0 amide bonds. The second-order valence-corrected chi connectivity index (χ2v) is 9.20. The molecule has 4 rings (SSSR count). The summed E-state index contributed by atoms with van der Waals surface area (Å²) in [5, 5.41) is 3.87. The van der Waals surface area contributed by atoms with Crippen LogP contribution >= 0.6 is 23.2 Å². The highest BCUT2D eigenvalue weighted by molar-refractivity contribution is 6.31. The fourth-order valence-corrected chi connectivity index (χ4v) is 5.46. The quantitative estimate of drug-likeness (QED) is 0.329. The van der Waals surface area contributed by atoms with Crippen molar-refractivity contribution < 1.29 is 18.4 Å². The van der Waals surface area contributed by atoms with Gasteiger partial charge in [-0.05, 0) is 75.3 Å². The van der Waals surface area contributed by atoms with Crippen molar-refractivity contribution in [1.82, 2.24) is 5.32 Å². The largest absolute Gasteiger partial charge is 0.499 e. The molecule has 0 aromatic heterocycles. The van der Waals surface area contributed by atoms with Crippen LogP contribution in [0.15, 0.2) is 77.2 Å². The first kappa shape index (κ1) is 22.9. The molecule has 5 nitrogen and oxygen atoms in total. The number of rotatable bonds is 6. The monoisotopic (exact) mass is 517 g/mol. The zero-order valence-electron chi connectivity index (χ0n) is 22.9. The predicted octanol–water partition coefficient (Wildman–Crippen LogP) is 7.05. The predicted molar refractivity (Wildman–Crippen MR) is 141 cm³/mol. The number of aliphatic imine (C=N–C) groups is 1. The lowest BCUT2D eigenvalue weighted by Crippen LogP contribution is -2.44. The third kappa shape index (κ3) is 5.49. The maximum absolute atomic E-state index is 10.8. The molecule has 1 N–H and O–H groups in total. The van der Waals surface area contributed by atoms with Crippen LogP contribution in [-0.4, -0.2) is 27.3 Å². The number of carbonyl (C=O) groups excluding carboxylic acids is 1. The summed E-state index contributed by atoms with van der Waals surface area (Å²) >= 11 is 12.5. The number of likely N-dealkylation sites (N-methyl/N-ethyl adjacent to an activating group) is 1. The van der Waals surface area contributed by atoms with E-state index in [1.165, 1.54) is 0 Å². The molecule has 35 heavy (non-hydrogen) atoms. The zero-order valence-corrected chi connectivity index (χ0v) is 21.5. The molecule has 2 aliphatic carbocycles. The average molecular weight is 518 g/mol. The molecule has 0 bridgehead atoms. The first-order valence-electron chi connectivity index (χ1n) is 13.0. The van der Waals surface area contributed by atoms with Crippen LogP contribution in [0.25, 0.3) is 0 Å². The maximum atomic E-state index is 10.8. The van der Waals surface area contributed by atoms with Crippen LogP contribution in [0.5, 0.6) is 0 Å². The van der Waals surface area contributed by atoms with Gasteiger partial charge in [-0.1, -0.05) is 59.6 Å². The molecule has 7 heteroatoms. The minimum Gasteiger partial charge on any atom is -0.499 e. The Morgan fingerprint density at radius 1 is 0.914 bits per heavy atom. The van der Waals surface area contributed by atoms with E-state index in [1.807, 2.05) is 48.6 Å². The third-order valence-corrected chi connectivity index (χ3v) is 7.19. The molecular weight excluding hydrogens is 483 g/mol. The Morgan fingerprint density at radius 3 is 2.06 bits per heavy atom. The van der Waals surface area contributed by atoms with Crippen molar-refractivity contribution in [3.63, 3.8) is 0 Å². The molecule has 186 valence electrons. The molecule has 0 unspecified atom stereocenters. The second-order valence-electron chi connectivity index (χ2n) is 8.38. The summed E-state index contributed by atoms with van der Waals surface area (Å²) in [4.78, 5) is 14.8. The van der Waals surface area contributed by atoms with Gasteiger partial charge in [0.1, 0.15) is 17.1 Å². The standard InChI is InChI=1S/C14H14ClNO2.C14H18ClNO/c1-18-13-8-4-5-9-14(13,16-10-17)11-6-2-3-7-12(11)15;1-16-14(10-6-5-9-13(14)17-2)11-7-3-4-8-12(11)15/h2-3,6-8H,4-5,9H2,1H3;3-4,7-9,16H,5-6,10H2,1-2H3/t2*14-/m00/s1/i;1D3. The lowest BCUT2D eigenvalue weighted by atomic mass is 9.79. The van der Waals surface area contributed by atoms with E-state index in [2.05, 4.69) is 10.3 Å². The minimum atomic E-state index is -2.28. The van der Waals surface area contributed by atoms with Gasteiger partial charge in [0.2, 0.25) is 6.08 Å². The van der Waals surface area contributed by atoms with E-state index in [0.29, 0.717) is 34.4 Å². The Balaban J connectivity index is 0.000000212. The zero-order chi connectivity index (χ0) is 27.8. The number of hydrogen-bond acceptors (Lipinski definition) is 5. The van der Waals surface area contributed by atoms with E-state index in [0.717, 1.165) is 36.8 Å². The molecule has 2 aliphatic rings. The minimum absolute atomic E-state index is 0.536. The topological polar surface area (TPSA) is 59.9 Å². The summed E-state index contributed by atoms with van der Waals surface area (Å²) in [5.41, 5.74) is -0.169. The van der Waals surface area contributed by atoms with Crippen molar-refractivity contribution in [2.24, 2.45) is 4.99 Å². The van der Waals surface area contributed by atoms with Gasteiger partial charge in [0.25, 0.3) is 0 Å². The fraction of sp³-hybridized carbons (Fsp3) is 0.393. The summed E-state index contributed by atoms with van der Waals surface area (Å²) in [5.74, 6) is 1.29. The maximum Gasteiger partial charge on any atom is 0.236 e. The number of isocyanates is 1. The summed E-state index contributed by atoms with van der Waals surface area (Å²) in [6.45, 7) is -2.28. The molecule has 0 spiro atoms. The fourth-order valence-electron chi connectivity index (χ4n) is 4.87. The van der Waals surface area contributed by atoms with Gasteiger partial charge in [-0.2, -0.15) is 4.99 Å². The van der Waals surface area contributed by atoms with E-state index in [9.17, 15) is 4.79 Å². The van der Waals surface area contributed by atoms with Crippen molar-refractivity contribution in [2.75, 3.05) is 21.2 Å². The van der Waals surface area contributed by atoms with E-state index in [-0.39, 0.29) is 0 Å². The van der Waals surface area contributed by atoms with Gasteiger partial charge in [0.15, 0.2) is 5.54 Å². The molecule has 0 saturated heterocycles. The normalized spacial score (nSPS) is 25.2. The van der Waals surface area contributed by atoms with Crippen molar-refractivity contribution in [3.8, 4) is 0 Å². The van der Waals surface area contributed by atoms with Crippen LogP contribution in [0, 0.1) is 0 Å². The summed E-state index contributed by atoms with van der Waals surface area (Å²) in [7, 11) is 3.15. The summed E-state index contributed by atoms with van der Waals surface area (Å²) in [6.07, 6.45) is 10.5. The number of methoxy groups -OCH3 is 2. The highest BCUT2D eigenvalue weighted by Gasteiger charge is 2.41. The number of benzene rings is 2. The van der Waals surface area contributed by atoms with Crippen LogP contribution in [-0.2, 0) is 25.3 Å². The summed E-state index contributed by atoms with van der Waals surface area (Å²) < 4.78 is 33.6. The van der Waals surface area contributed by atoms with E-state index >= 15 is 0 Å². The molecule has 2 aromatic rings. The highest BCUT2D eigenvalue weighted by atomic mass is 35.5. The van der Waals surface area contributed by atoms with Gasteiger partial charge in [-0.15, -0.1) is 0 Å². The number of halogens is 2. The Bertz CT molecular complexity index is 1230. The first-order chi connectivity index (χ1) is 18.1. The number of nitrogens with one attached hydrogen (secondary N) is 1. The molecule has 0 saturated carbocycles. The molecule has 0 radical (unpaired) electrons. The number of allylic oxidation sites excluding steroid dienone is 2.